The van der Waals surface area contributed by atoms with Gasteiger partial charge in [0.05, 0.1) is 5.69 Å². The van der Waals surface area contributed by atoms with Gasteiger partial charge < -0.3 is 10.1 Å². The third kappa shape index (κ3) is 4.55. The minimum absolute atomic E-state index is 0.121. The quantitative estimate of drug-likeness (QED) is 0.789. The summed E-state index contributed by atoms with van der Waals surface area (Å²) < 4.78 is 5.67. The molecule has 1 atom stereocenters. The largest absolute Gasteiger partial charge is 0.372 e. The average molecular weight is 282 g/mol. The van der Waals surface area contributed by atoms with E-state index < -0.39 is 0 Å². The molecule has 0 radical (unpaired) electrons. The molecule has 4 heteroatoms. The Labute approximate surface area is 120 Å². The van der Waals surface area contributed by atoms with E-state index >= 15 is 0 Å². The number of hydrogen-bond donors (Lipinski definition) is 1. The molecule has 19 heavy (non-hydrogen) atoms. The van der Waals surface area contributed by atoms with E-state index in [0.717, 1.165) is 30.6 Å². The van der Waals surface area contributed by atoms with Crippen molar-refractivity contribution >= 4 is 11.3 Å². The number of hydrogen-bond acceptors (Lipinski definition) is 4. The van der Waals surface area contributed by atoms with Crippen molar-refractivity contribution in [3.63, 3.8) is 0 Å². The van der Waals surface area contributed by atoms with Crippen molar-refractivity contribution in [1.82, 2.24) is 10.3 Å². The zero-order chi connectivity index (χ0) is 13.8. The fourth-order valence-electron chi connectivity index (χ4n) is 2.11. The van der Waals surface area contributed by atoms with Crippen molar-refractivity contribution in [1.29, 1.82) is 0 Å². The molecule has 1 heterocycles. The standard InChI is InChI=1S/C15H26N2OS/c1-5-18-11(4)15-17-13(8-10(2)3)14(19-15)9-16-12-6-7-12/h10-12,16H,5-9H2,1-4H3. The molecule has 108 valence electrons. The summed E-state index contributed by atoms with van der Waals surface area (Å²) in [5.74, 6) is 0.650. The van der Waals surface area contributed by atoms with Gasteiger partial charge in [-0.05, 0) is 39.0 Å². The fraction of sp³-hybridized carbons (Fsp3) is 0.800. The summed E-state index contributed by atoms with van der Waals surface area (Å²) in [6.07, 6.45) is 3.86. The number of nitrogens with one attached hydrogen (secondary N) is 1. The minimum Gasteiger partial charge on any atom is -0.372 e. The normalized spacial score (nSPS) is 17.1. The highest BCUT2D eigenvalue weighted by Crippen LogP contribution is 2.28. The Morgan fingerprint density at radius 2 is 2.11 bits per heavy atom. The first-order valence-corrected chi connectivity index (χ1v) is 8.25. The number of ether oxygens (including phenoxy) is 1. The summed E-state index contributed by atoms with van der Waals surface area (Å²) in [5.41, 5.74) is 1.27. The van der Waals surface area contributed by atoms with Crippen LogP contribution in [0.1, 0.15) is 62.2 Å². The van der Waals surface area contributed by atoms with Crippen molar-refractivity contribution in [2.45, 2.75) is 65.6 Å². The summed E-state index contributed by atoms with van der Waals surface area (Å²) in [6.45, 7) is 10.4. The summed E-state index contributed by atoms with van der Waals surface area (Å²) in [5, 5.41) is 4.73. The van der Waals surface area contributed by atoms with Crippen LogP contribution < -0.4 is 5.32 Å². The lowest BCUT2D eigenvalue weighted by molar-refractivity contribution is 0.0761. The monoisotopic (exact) mass is 282 g/mol. The van der Waals surface area contributed by atoms with Gasteiger partial charge in [-0.3, -0.25) is 0 Å². The van der Waals surface area contributed by atoms with Gasteiger partial charge in [0.2, 0.25) is 0 Å². The average Bonchev–Trinajstić information content (AvgIpc) is 3.09. The third-order valence-electron chi connectivity index (χ3n) is 3.29. The molecule has 0 amide bonds. The molecular formula is C15H26N2OS. The Kier molecular flexibility index (Phi) is 5.37. The molecule has 1 aliphatic rings. The first-order valence-electron chi connectivity index (χ1n) is 7.43. The highest BCUT2D eigenvalue weighted by atomic mass is 32.1. The first-order chi connectivity index (χ1) is 9.10. The van der Waals surface area contributed by atoms with Crippen molar-refractivity contribution in [3.8, 4) is 0 Å². The Hall–Kier alpha value is -0.450. The van der Waals surface area contributed by atoms with Crippen LogP contribution in [0.2, 0.25) is 0 Å². The van der Waals surface area contributed by atoms with E-state index in [4.69, 9.17) is 9.72 Å². The maximum absolute atomic E-state index is 5.67. The van der Waals surface area contributed by atoms with Crippen molar-refractivity contribution in [2.75, 3.05) is 6.61 Å². The van der Waals surface area contributed by atoms with Gasteiger partial charge in [-0.25, -0.2) is 4.98 Å². The van der Waals surface area contributed by atoms with Crippen molar-refractivity contribution in [3.05, 3.63) is 15.6 Å². The van der Waals surface area contributed by atoms with E-state index in [0.29, 0.717) is 5.92 Å². The number of aromatic nitrogens is 1. The van der Waals surface area contributed by atoms with Gasteiger partial charge >= 0.3 is 0 Å². The van der Waals surface area contributed by atoms with Crippen LogP contribution >= 0.6 is 11.3 Å². The predicted molar refractivity (Wildman–Crippen MR) is 80.6 cm³/mol. The SMILES string of the molecule is CCOC(C)c1nc(CC(C)C)c(CNC2CC2)s1. The van der Waals surface area contributed by atoms with Crippen molar-refractivity contribution < 1.29 is 4.74 Å². The summed E-state index contributed by atoms with van der Waals surface area (Å²) in [7, 11) is 0. The molecule has 0 aliphatic heterocycles. The van der Waals surface area contributed by atoms with Gasteiger partial charge in [-0.1, -0.05) is 13.8 Å². The molecule has 2 rings (SSSR count). The minimum atomic E-state index is 0.121. The molecule has 1 aliphatic carbocycles. The molecule has 1 fully saturated rings. The number of nitrogens with zero attached hydrogens (tertiary/aromatic N) is 1. The Morgan fingerprint density at radius 3 is 2.68 bits per heavy atom. The van der Waals surface area contributed by atoms with Crippen LogP contribution in [-0.4, -0.2) is 17.6 Å². The first kappa shape index (κ1) is 14.9. The second-order valence-electron chi connectivity index (χ2n) is 5.77. The molecule has 0 aromatic carbocycles. The van der Waals surface area contributed by atoms with Gasteiger partial charge in [0.15, 0.2) is 0 Å². The maximum atomic E-state index is 5.67. The molecule has 0 spiro atoms. The van der Waals surface area contributed by atoms with Gasteiger partial charge in [0, 0.05) is 24.1 Å². The van der Waals surface area contributed by atoms with Crippen LogP contribution in [0, 0.1) is 5.92 Å². The van der Waals surface area contributed by atoms with E-state index in [1.807, 2.05) is 18.3 Å². The second-order valence-corrected chi connectivity index (χ2v) is 6.89. The van der Waals surface area contributed by atoms with E-state index in [2.05, 4.69) is 26.1 Å². The number of rotatable bonds is 8. The topological polar surface area (TPSA) is 34.1 Å². The summed E-state index contributed by atoms with van der Waals surface area (Å²) in [6, 6.07) is 0.752. The van der Waals surface area contributed by atoms with E-state index in [9.17, 15) is 0 Å². The van der Waals surface area contributed by atoms with Crippen LogP contribution in [0.3, 0.4) is 0 Å². The van der Waals surface area contributed by atoms with E-state index in [1.165, 1.54) is 23.4 Å². The lowest BCUT2D eigenvalue weighted by atomic mass is 10.1. The Bertz CT molecular complexity index is 399. The molecule has 1 saturated carbocycles. The third-order valence-corrected chi connectivity index (χ3v) is 4.55. The van der Waals surface area contributed by atoms with E-state index in [1.54, 1.807) is 0 Å². The van der Waals surface area contributed by atoms with Gasteiger partial charge in [-0.15, -0.1) is 11.3 Å². The Balaban J connectivity index is 2.07. The zero-order valence-corrected chi connectivity index (χ0v) is 13.3. The summed E-state index contributed by atoms with van der Waals surface area (Å²) >= 11 is 1.82. The number of thiazole rings is 1. The molecule has 1 aromatic heterocycles. The molecule has 1 unspecified atom stereocenters. The van der Waals surface area contributed by atoms with Crippen LogP contribution in [0.5, 0.6) is 0 Å². The Morgan fingerprint density at radius 1 is 1.37 bits per heavy atom. The highest BCUT2D eigenvalue weighted by Gasteiger charge is 2.22. The summed E-state index contributed by atoms with van der Waals surface area (Å²) in [4.78, 5) is 6.23. The lowest BCUT2D eigenvalue weighted by Gasteiger charge is -2.07. The highest BCUT2D eigenvalue weighted by molar-refractivity contribution is 7.11. The molecule has 1 N–H and O–H groups in total. The fourth-order valence-corrected chi connectivity index (χ4v) is 3.15. The van der Waals surface area contributed by atoms with Gasteiger partial charge in [0.25, 0.3) is 0 Å². The van der Waals surface area contributed by atoms with Gasteiger partial charge in [-0.2, -0.15) is 0 Å². The van der Waals surface area contributed by atoms with Gasteiger partial charge in [0.1, 0.15) is 11.1 Å². The molecule has 1 aromatic rings. The second kappa shape index (κ2) is 6.82. The molecule has 3 nitrogen and oxygen atoms in total. The predicted octanol–water partition coefficient (Wildman–Crippen LogP) is 3.69. The lowest BCUT2D eigenvalue weighted by Crippen LogP contribution is -2.15. The molecule has 0 bridgehead atoms. The zero-order valence-electron chi connectivity index (χ0n) is 12.5. The van der Waals surface area contributed by atoms with Crippen LogP contribution in [0.25, 0.3) is 0 Å². The maximum Gasteiger partial charge on any atom is 0.122 e. The molecule has 0 saturated heterocycles. The van der Waals surface area contributed by atoms with Crippen LogP contribution in [0.4, 0.5) is 0 Å². The van der Waals surface area contributed by atoms with Crippen molar-refractivity contribution in [2.24, 2.45) is 5.92 Å². The smallest absolute Gasteiger partial charge is 0.122 e. The van der Waals surface area contributed by atoms with Crippen LogP contribution in [0.15, 0.2) is 0 Å². The molecular weight excluding hydrogens is 256 g/mol. The van der Waals surface area contributed by atoms with E-state index in [-0.39, 0.29) is 6.10 Å². The van der Waals surface area contributed by atoms with Crippen LogP contribution in [-0.2, 0) is 17.7 Å².